The van der Waals surface area contributed by atoms with Crippen molar-refractivity contribution in [1.29, 1.82) is 0 Å². The minimum absolute atomic E-state index is 0.0689. The van der Waals surface area contributed by atoms with Crippen LogP contribution >= 0.6 is 0 Å². The molecular formula is C5H12N2O4S. The third kappa shape index (κ3) is 3.98. The Hall–Kier alpha value is -0.210. The zero-order valence-corrected chi connectivity index (χ0v) is 7.38. The Balaban J connectivity index is 2.22. The lowest BCUT2D eigenvalue weighted by atomic mass is 10.4. The normalized spacial score (nSPS) is 21.1. The van der Waals surface area contributed by atoms with Crippen LogP contribution in [-0.4, -0.2) is 50.8 Å². The number of hydrogen-bond donors (Lipinski definition) is 2. The zero-order valence-electron chi connectivity index (χ0n) is 6.56. The summed E-state index contributed by atoms with van der Waals surface area (Å²) in [5.41, 5.74) is 0. The third-order valence-electron chi connectivity index (χ3n) is 1.59. The molecule has 2 N–H and O–H groups in total. The van der Waals surface area contributed by atoms with E-state index in [9.17, 15) is 8.42 Å². The Labute approximate surface area is 71.5 Å². The fourth-order valence-electron chi connectivity index (χ4n) is 0.981. The van der Waals surface area contributed by atoms with Gasteiger partial charge >= 0.3 is 10.4 Å². The molecule has 1 fully saturated rings. The number of piperazine rings is 1. The van der Waals surface area contributed by atoms with E-state index in [1.165, 1.54) is 0 Å². The van der Waals surface area contributed by atoms with E-state index in [0.29, 0.717) is 0 Å². The number of rotatable bonds is 3. The predicted octanol–water partition coefficient (Wildman–Crippen LogP) is -1.33. The van der Waals surface area contributed by atoms with E-state index in [4.69, 9.17) is 4.55 Å². The van der Waals surface area contributed by atoms with Gasteiger partial charge < -0.3 is 5.32 Å². The summed E-state index contributed by atoms with van der Waals surface area (Å²) >= 11 is 0. The van der Waals surface area contributed by atoms with E-state index in [2.05, 4.69) is 9.50 Å². The molecule has 7 heteroatoms. The van der Waals surface area contributed by atoms with Crippen molar-refractivity contribution < 1.29 is 17.2 Å². The van der Waals surface area contributed by atoms with E-state index >= 15 is 0 Å². The van der Waals surface area contributed by atoms with Gasteiger partial charge in [-0.3, -0.25) is 9.45 Å². The molecule has 0 bridgehead atoms. The lowest BCUT2D eigenvalue weighted by Crippen LogP contribution is -2.44. The van der Waals surface area contributed by atoms with E-state index in [0.717, 1.165) is 26.2 Å². The first-order chi connectivity index (χ1) is 5.58. The molecule has 1 saturated heterocycles. The van der Waals surface area contributed by atoms with Gasteiger partial charge in [0.1, 0.15) is 6.73 Å². The largest absolute Gasteiger partial charge is 0.398 e. The lowest BCUT2D eigenvalue weighted by molar-refractivity contribution is 0.107. The van der Waals surface area contributed by atoms with E-state index in [1.54, 1.807) is 4.90 Å². The highest BCUT2D eigenvalue weighted by atomic mass is 32.3. The first-order valence-electron chi connectivity index (χ1n) is 3.63. The van der Waals surface area contributed by atoms with Crippen LogP contribution in [0.1, 0.15) is 0 Å². The molecule has 0 atom stereocenters. The molecule has 0 saturated carbocycles. The van der Waals surface area contributed by atoms with Crippen LogP contribution in [0.15, 0.2) is 0 Å². The quantitative estimate of drug-likeness (QED) is 0.544. The van der Waals surface area contributed by atoms with Crippen molar-refractivity contribution in [2.75, 3.05) is 32.9 Å². The number of nitrogens with one attached hydrogen (secondary N) is 1. The van der Waals surface area contributed by atoms with Gasteiger partial charge in [0.2, 0.25) is 0 Å². The Morgan fingerprint density at radius 2 is 2.00 bits per heavy atom. The molecule has 0 aromatic carbocycles. The Bertz CT molecular complexity index is 222. The molecule has 0 radical (unpaired) electrons. The zero-order chi connectivity index (χ0) is 9.03. The minimum atomic E-state index is -4.29. The van der Waals surface area contributed by atoms with Gasteiger partial charge in [-0.25, -0.2) is 4.18 Å². The van der Waals surface area contributed by atoms with Crippen LogP contribution in [0.2, 0.25) is 0 Å². The van der Waals surface area contributed by atoms with Crippen molar-refractivity contribution in [3.05, 3.63) is 0 Å². The number of hydrogen-bond acceptors (Lipinski definition) is 5. The summed E-state index contributed by atoms with van der Waals surface area (Å²) in [6, 6.07) is 0. The predicted molar refractivity (Wildman–Crippen MR) is 41.9 cm³/mol. The van der Waals surface area contributed by atoms with Gasteiger partial charge in [-0.1, -0.05) is 0 Å². The van der Waals surface area contributed by atoms with Gasteiger partial charge in [0.05, 0.1) is 0 Å². The first kappa shape index (κ1) is 9.87. The van der Waals surface area contributed by atoms with Crippen LogP contribution in [0.25, 0.3) is 0 Å². The highest BCUT2D eigenvalue weighted by Crippen LogP contribution is 1.94. The molecule has 0 aliphatic carbocycles. The van der Waals surface area contributed by atoms with E-state index in [1.807, 2.05) is 0 Å². The third-order valence-corrected chi connectivity index (χ3v) is 2.00. The summed E-state index contributed by atoms with van der Waals surface area (Å²) in [4.78, 5) is 1.80. The van der Waals surface area contributed by atoms with Crippen LogP contribution in [0.4, 0.5) is 0 Å². The summed E-state index contributed by atoms with van der Waals surface area (Å²) in [6.45, 7) is 3.02. The molecule has 0 aromatic rings. The van der Waals surface area contributed by atoms with Gasteiger partial charge in [-0.05, 0) is 0 Å². The second-order valence-corrected chi connectivity index (χ2v) is 3.63. The van der Waals surface area contributed by atoms with Crippen molar-refractivity contribution in [3.8, 4) is 0 Å². The Kier molecular flexibility index (Phi) is 3.41. The first-order valence-corrected chi connectivity index (χ1v) is 4.99. The molecule has 0 unspecified atom stereocenters. The SMILES string of the molecule is O=S(=O)(O)OCN1CCNCC1. The molecular weight excluding hydrogens is 184 g/mol. The lowest BCUT2D eigenvalue weighted by Gasteiger charge is -2.25. The van der Waals surface area contributed by atoms with Crippen molar-refractivity contribution in [3.63, 3.8) is 0 Å². The molecule has 6 nitrogen and oxygen atoms in total. The van der Waals surface area contributed by atoms with E-state index in [-0.39, 0.29) is 6.73 Å². The summed E-state index contributed by atoms with van der Waals surface area (Å²) in [7, 11) is -4.29. The molecule has 1 heterocycles. The summed E-state index contributed by atoms with van der Waals surface area (Å²) in [5.74, 6) is 0. The molecule has 0 amide bonds. The Morgan fingerprint density at radius 3 is 2.50 bits per heavy atom. The standard InChI is InChI=1S/C5H12N2O4S/c8-12(9,10)11-5-7-3-1-6-2-4-7/h6H,1-5H2,(H,8,9,10). The molecule has 72 valence electrons. The second-order valence-electron chi connectivity index (χ2n) is 2.54. The maximum atomic E-state index is 10.2. The van der Waals surface area contributed by atoms with Crippen LogP contribution < -0.4 is 5.32 Å². The van der Waals surface area contributed by atoms with Crippen LogP contribution in [0.3, 0.4) is 0 Å². The van der Waals surface area contributed by atoms with Crippen molar-refractivity contribution in [2.45, 2.75) is 0 Å². The van der Waals surface area contributed by atoms with Crippen LogP contribution in [0.5, 0.6) is 0 Å². The van der Waals surface area contributed by atoms with Crippen LogP contribution in [0, 0.1) is 0 Å². The monoisotopic (exact) mass is 196 g/mol. The Morgan fingerprint density at radius 1 is 1.42 bits per heavy atom. The van der Waals surface area contributed by atoms with Crippen molar-refractivity contribution in [1.82, 2.24) is 10.2 Å². The van der Waals surface area contributed by atoms with Crippen molar-refractivity contribution >= 4 is 10.4 Å². The van der Waals surface area contributed by atoms with E-state index < -0.39 is 10.4 Å². The molecule has 1 aliphatic rings. The van der Waals surface area contributed by atoms with Gasteiger partial charge in [0.15, 0.2) is 0 Å². The smallest absolute Gasteiger partial charge is 0.314 e. The molecule has 0 spiro atoms. The van der Waals surface area contributed by atoms with Crippen molar-refractivity contribution in [2.24, 2.45) is 0 Å². The minimum Gasteiger partial charge on any atom is -0.314 e. The fraction of sp³-hybridized carbons (Fsp3) is 1.00. The van der Waals surface area contributed by atoms with Gasteiger partial charge in [0.25, 0.3) is 0 Å². The summed E-state index contributed by atoms with van der Waals surface area (Å²) < 4.78 is 32.8. The summed E-state index contributed by atoms with van der Waals surface area (Å²) in [6.07, 6.45) is 0. The fourth-order valence-corrected chi connectivity index (χ4v) is 1.26. The summed E-state index contributed by atoms with van der Waals surface area (Å²) in [5, 5.41) is 3.10. The van der Waals surface area contributed by atoms with Gasteiger partial charge in [-0.2, -0.15) is 8.42 Å². The molecule has 1 aliphatic heterocycles. The highest BCUT2D eigenvalue weighted by molar-refractivity contribution is 7.80. The van der Waals surface area contributed by atoms with Gasteiger partial charge in [0, 0.05) is 26.2 Å². The number of nitrogens with zero attached hydrogens (tertiary/aromatic N) is 1. The van der Waals surface area contributed by atoms with Crippen LogP contribution in [-0.2, 0) is 14.6 Å². The topological polar surface area (TPSA) is 78.9 Å². The average molecular weight is 196 g/mol. The maximum absolute atomic E-state index is 10.2. The molecule has 12 heavy (non-hydrogen) atoms. The average Bonchev–Trinajstić information content (AvgIpc) is 2.02. The molecule has 0 aromatic heterocycles. The maximum Gasteiger partial charge on any atom is 0.398 e. The molecule has 1 rings (SSSR count). The highest BCUT2D eigenvalue weighted by Gasteiger charge is 2.12. The second kappa shape index (κ2) is 4.15. The van der Waals surface area contributed by atoms with Gasteiger partial charge in [-0.15, -0.1) is 0 Å².